The number of anilines is 1. The number of aliphatic imine (C=N–C) groups is 1. The van der Waals surface area contributed by atoms with Crippen LogP contribution in [0, 0.1) is 0 Å². The summed E-state index contributed by atoms with van der Waals surface area (Å²) in [7, 11) is 1.76. The molecule has 3 aromatic rings. The number of hydrogen-bond acceptors (Lipinski definition) is 5. The van der Waals surface area contributed by atoms with E-state index in [0.717, 1.165) is 13.1 Å². The molecule has 160 valence electrons. The molecule has 1 saturated heterocycles. The van der Waals surface area contributed by atoms with Gasteiger partial charge in [0.2, 0.25) is 5.82 Å². The monoisotopic (exact) mass is 521 g/mol. The van der Waals surface area contributed by atoms with Gasteiger partial charge in [0.15, 0.2) is 11.7 Å². The van der Waals surface area contributed by atoms with Crippen LogP contribution in [-0.2, 0) is 6.54 Å². The number of aromatic amines is 1. The molecule has 3 N–H and O–H groups in total. The SMILES string of the molecule is CN=C(NCc1nc(-c2ccco2)n[nH]1)NC(C)c1cccc(N2CCCC2)c1.I. The molecule has 1 aliphatic heterocycles. The second kappa shape index (κ2) is 10.5. The number of nitrogens with zero attached hydrogens (tertiary/aromatic N) is 4. The molecule has 0 aliphatic carbocycles. The van der Waals surface area contributed by atoms with E-state index >= 15 is 0 Å². The molecule has 1 aliphatic rings. The van der Waals surface area contributed by atoms with Crippen molar-refractivity contribution in [2.75, 3.05) is 25.0 Å². The number of halogens is 1. The van der Waals surface area contributed by atoms with E-state index < -0.39 is 0 Å². The van der Waals surface area contributed by atoms with Crippen LogP contribution in [0.15, 0.2) is 52.1 Å². The molecule has 0 amide bonds. The molecule has 0 radical (unpaired) electrons. The van der Waals surface area contributed by atoms with E-state index in [1.54, 1.807) is 13.3 Å². The summed E-state index contributed by atoms with van der Waals surface area (Å²) in [5.74, 6) is 2.60. The predicted octanol–water partition coefficient (Wildman–Crippen LogP) is 3.71. The average molecular weight is 521 g/mol. The van der Waals surface area contributed by atoms with Crippen molar-refractivity contribution in [1.82, 2.24) is 25.8 Å². The fourth-order valence-corrected chi connectivity index (χ4v) is 3.51. The number of furan rings is 1. The zero-order valence-corrected chi connectivity index (χ0v) is 19.6. The average Bonchev–Trinajstić information content (AvgIpc) is 3.52. The zero-order chi connectivity index (χ0) is 20.1. The largest absolute Gasteiger partial charge is 0.461 e. The molecule has 30 heavy (non-hydrogen) atoms. The summed E-state index contributed by atoms with van der Waals surface area (Å²) >= 11 is 0. The second-order valence-corrected chi connectivity index (χ2v) is 7.16. The van der Waals surface area contributed by atoms with E-state index in [0.29, 0.717) is 29.9 Å². The maximum absolute atomic E-state index is 5.32. The highest BCUT2D eigenvalue weighted by atomic mass is 127. The molecule has 0 saturated carbocycles. The number of aromatic nitrogens is 3. The van der Waals surface area contributed by atoms with E-state index in [-0.39, 0.29) is 30.0 Å². The lowest BCUT2D eigenvalue weighted by molar-refractivity contribution is 0.577. The van der Waals surface area contributed by atoms with Crippen LogP contribution in [0.2, 0.25) is 0 Å². The molecule has 0 bridgehead atoms. The first kappa shape index (κ1) is 22.1. The van der Waals surface area contributed by atoms with Crippen molar-refractivity contribution < 1.29 is 4.42 Å². The highest BCUT2D eigenvalue weighted by Gasteiger charge is 2.15. The third-order valence-electron chi connectivity index (χ3n) is 5.11. The van der Waals surface area contributed by atoms with E-state index in [2.05, 4.69) is 66.9 Å². The van der Waals surface area contributed by atoms with E-state index in [1.165, 1.54) is 24.1 Å². The van der Waals surface area contributed by atoms with Gasteiger partial charge in [0, 0.05) is 25.8 Å². The Morgan fingerprint density at radius 1 is 1.27 bits per heavy atom. The number of hydrogen-bond donors (Lipinski definition) is 3. The minimum atomic E-state index is 0. The fourth-order valence-electron chi connectivity index (χ4n) is 3.51. The van der Waals surface area contributed by atoms with Gasteiger partial charge < -0.3 is 20.0 Å². The van der Waals surface area contributed by atoms with Crippen LogP contribution >= 0.6 is 24.0 Å². The van der Waals surface area contributed by atoms with Crippen LogP contribution in [0.3, 0.4) is 0 Å². The third-order valence-corrected chi connectivity index (χ3v) is 5.11. The first-order valence-corrected chi connectivity index (χ1v) is 10.00. The Hall–Kier alpha value is -2.56. The van der Waals surface area contributed by atoms with E-state index in [4.69, 9.17) is 4.42 Å². The quantitative estimate of drug-likeness (QED) is 0.260. The molecule has 1 fully saturated rings. The lowest BCUT2D eigenvalue weighted by Crippen LogP contribution is -2.38. The molecule has 1 atom stereocenters. The molecule has 1 aromatic carbocycles. The lowest BCUT2D eigenvalue weighted by Gasteiger charge is -2.22. The first-order valence-electron chi connectivity index (χ1n) is 10.00. The van der Waals surface area contributed by atoms with Gasteiger partial charge in [0.05, 0.1) is 18.8 Å². The molecule has 0 spiro atoms. The molecule has 8 nitrogen and oxygen atoms in total. The van der Waals surface area contributed by atoms with Crippen molar-refractivity contribution in [3.05, 3.63) is 54.0 Å². The van der Waals surface area contributed by atoms with Crippen molar-refractivity contribution in [2.24, 2.45) is 4.99 Å². The van der Waals surface area contributed by atoms with Crippen LogP contribution in [0.25, 0.3) is 11.6 Å². The number of nitrogens with one attached hydrogen (secondary N) is 3. The summed E-state index contributed by atoms with van der Waals surface area (Å²) < 4.78 is 5.32. The lowest BCUT2D eigenvalue weighted by atomic mass is 10.1. The van der Waals surface area contributed by atoms with Gasteiger partial charge in [-0.05, 0) is 49.6 Å². The maximum atomic E-state index is 5.32. The van der Waals surface area contributed by atoms with Crippen molar-refractivity contribution >= 4 is 35.6 Å². The zero-order valence-electron chi connectivity index (χ0n) is 17.3. The van der Waals surface area contributed by atoms with Gasteiger partial charge in [0.1, 0.15) is 5.82 Å². The molecule has 3 heterocycles. The predicted molar refractivity (Wildman–Crippen MR) is 129 cm³/mol. The van der Waals surface area contributed by atoms with Gasteiger partial charge in [0.25, 0.3) is 0 Å². The van der Waals surface area contributed by atoms with Gasteiger partial charge >= 0.3 is 0 Å². The standard InChI is InChI=1S/C21H27N7O.HI/c1-15(16-7-5-8-17(13-16)28-10-3-4-11-28)24-21(22-2)23-14-19-25-20(27-26-19)18-9-6-12-29-18;/h5-9,12-13,15H,3-4,10-11,14H2,1-2H3,(H2,22,23,24)(H,25,26,27);1H. The van der Waals surface area contributed by atoms with Crippen LogP contribution in [0.5, 0.6) is 0 Å². The molecule has 2 aromatic heterocycles. The summed E-state index contributed by atoms with van der Waals surface area (Å²) in [5, 5.41) is 13.8. The Bertz CT molecular complexity index is 948. The second-order valence-electron chi connectivity index (χ2n) is 7.16. The van der Waals surface area contributed by atoms with Crippen molar-refractivity contribution in [1.29, 1.82) is 0 Å². The van der Waals surface area contributed by atoms with Crippen LogP contribution < -0.4 is 15.5 Å². The number of benzene rings is 1. The van der Waals surface area contributed by atoms with Crippen LogP contribution in [-0.4, -0.2) is 41.3 Å². The van der Waals surface area contributed by atoms with Gasteiger partial charge in [-0.1, -0.05) is 12.1 Å². The Morgan fingerprint density at radius 3 is 2.83 bits per heavy atom. The Morgan fingerprint density at radius 2 is 2.10 bits per heavy atom. The molecular formula is C21H28IN7O. The molecule has 9 heteroatoms. The van der Waals surface area contributed by atoms with Gasteiger partial charge in [-0.2, -0.15) is 0 Å². The van der Waals surface area contributed by atoms with E-state index in [1.807, 2.05) is 12.1 Å². The molecule has 1 unspecified atom stereocenters. The molecular weight excluding hydrogens is 493 g/mol. The normalized spacial score (nSPS) is 15.0. The maximum Gasteiger partial charge on any atom is 0.216 e. The van der Waals surface area contributed by atoms with Crippen molar-refractivity contribution in [2.45, 2.75) is 32.4 Å². The highest BCUT2D eigenvalue weighted by molar-refractivity contribution is 14.0. The van der Waals surface area contributed by atoms with Gasteiger partial charge in [-0.25, -0.2) is 4.98 Å². The smallest absolute Gasteiger partial charge is 0.216 e. The topological polar surface area (TPSA) is 94.4 Å². The van der Waals surface area contributed by atoms with Crippen LogP contribution in [0.1, 0.15) is 37.2 Å². The third kappa shape index (κ3) is 5.32. The summed E-state index contributed by atoms with van der Waals surface area (Å²) in [5.41, 5.74) is 2.53. The Kier molecular flexibility index (Phi) is 7.72. The summed E-state index contributed by atoms with van der Waals surface area (Å²) in [6, 6.07) is 12.5. The molecule has 4 rings (SSSR count). The van der Waals surface area contributed by atoms with Crippen LogP contribution in [0.4, 0.5) is 5.69 Å². The Balaban J connectivity index is 0.00000256. The number of rotatable bonds is 6. The van der Waals surface area contributed by atoms with Crippen molar-refractivity contribution in [3.8, 4) is 11.6 Å². The minimum Gasteiger partial charge on any atom is -0.461 e. The van der Waals surface area contributed by atoms with Gasteiger partial charge in [-0.15, -0.1) is 29.1 Å². The van der Waals surface area contributed by atoms with E-state index in [9.17, 15) is 0 Å². The Labute approximate surface area is 193 Å². The minimum absolute atomic E-state index is 0. The summed E-state index contributed by atoms with van der Waals surface area (Å²) in [4.78, 5) is 11.2. The fraction of sp³-hybridized carbons (Fsp3) is 0.381. The van der Waals surface area contributed by atoms with Crippen molar-refractivity contribution in [3.63, 3.8) is 0 Å². The number of H-pyrrole nitrogens is 1. The summed E-state index contributed by atoms with van der Waals surface area (Å²) in [6.45, 7) is 4.91. The summed E-state index contributed by atoms with van der Waals surface area (Å²) in [6.07, 6.45) is 4.16. The first-order chi connectivity index (χ1) is 14.2. The highest BCUT2D eigenvalue weighted by Crippen LogP contribution is 2.24. The number of guanidine groups is 1. The van der Waals surface area contributed by atoms with Gasteiger partial charge in [-0.3, -0.25) is 10.1 Å².